The number of carbonyl (C=O) groups excluding carboxylic acids is 2. The molecule has 0 unspecified atom stereocenters. The van der Waals surface area contributed by atoms with Crippen LogP contribution in [0, 0.1) is 20.8 Å². The van der Waals surface area contributed by atoms with Crippen molar-refractivity contribution in [2.24, 2.45) is 0 Å². The fourth-order valence-electron chi connectivity index (χ4n) is 2.24. The van der Waals surface area contributed by atoms with Crippen molar-refractivity contribution in [3.05, 3.63) is 70.3 Å². The molecule has 0 heterocycles. The number of amides is 1. The Kier molecular flexibility index (Phi) is 5.52. The van der Waals surface area contributed by atoms with Crippen LogP contribution >= 0.6 is 0 Å². The summed E-state index contributed by atoms with van der Waals surface area (Å²) >= 11 is 0. The fourth-order valence-corrected chi connectivity index (χ4v) is 2.24. The van der Waals surface area contributed by atoms with Crippen molar-refractivity contribution in [3.8, 4) is 0 Å². The van der Waals surface area contributed by atoms with Gasteiger partial charge in [0.1, 0.15) is 13.2 Å². The van der Waals surface area contributed by atoms with Gasteiger partial charge >= 0.3 is 5.97 Å². The SMILES string of the molecule is Cc1ccc(C)c(COC(=O)CNC(=O)c2ccccc2C)c1. The highest BCUT2D eigenvalue weighted by Gasteiger charge is 2.11. The minimum absolute atomic E-state index is 0.141. The summed E-state index contributed by atoms with van der Waals surface area (Å²) in [6.45, 7) is 5.90. The molecule has 0 aliphatic heterocycles. The van der Waals surface area contributed by atoms with Gasteiger partial charge in [0.05, 0.1) is 0 Å². The monoisotopic (exact) mass is 311 g/mol. The predicted octanol–water partition coefficient (Wildman–Crippen LogP) is 3.09. The van der Waals surface area contributed by atoms with E-state index in [-0.39, 0.29) is 19.1 Å². The Labute approximate surface area is 136 Å². The van der Waals surface area contributed by atoms with Gasteiger partial charge in [-0.25, -0.2) is 0 Å². The van der Waals surface area contributed by atoms with E-state index in [1.165, 1.54) is 0 Å². The van der Waals surface area contributed by atoms with Crippen molar-refractivity contribution in [3.63, 3.8) is 0 Å². The summed E-state index contributed by atoms with van der Waals surface area (Å²) in [5, 5.41) is 2.59. The van der Waals surface area contributed by atoms with Crippen molar-refractivity contribution < 1.29 is 14.3 Å². The molecule has 4 nitrogen and oxygen atoms in total. The third-order valence-electron chi connectivity index (χ3n) is 3.68. The van der Waals surface area contributed by atoms with Crippen molar-refractivity contribution >= 4 is 11.9 Å². The number of carbonyl (C=O) groups is 2. The Morgan fingerprint density at radius 1 is 1.00 bits per heavy atom. The Hall–Kier alpha value is -2.62. The van der Waals surface area contributed by atoms with Gasteiger partial charge in [0.2, 0.25) is 0 Å². The minimum Gasteiger partial charge on any atom is -0.459 e. The zero-order valence-electron chi connectivity index (χ0n) is 13.7. The number of hydrogen-bond donors (Lipinski definition) is 1. The van der Waals surface area contributed by atoms with Gasteiger partial charge in [-0.2, -0.15) is 0 Å². The average molecular weight is 311 g/mol. The number of hydrogen-bond acceptors (Lipinski definition) is 3. The van der Waals surface area contributed by atoms with E-state index in [0.717, 1.165) is 22.3 Å². The maximum Gasteiger partial charge on any atom is 0.325 e. The number of nitrogens with one attached hydrogen (secondary N) is 1. The van der Waals surface area contributed by atoms with E-state index in [0.29, 0.717) is 5.56 Å². The molecule has 2 aromatic rings. The van der Waals surface area contributed by atoms with Crippen molar-refractivity contribution in [2.75, 3.05) is 6.54 Å². The lowest BCUT2D eigenvalue weighted by Crippen LogP contribution is -2.31. The molecule has 0 aliphatic carbocycles. The molecule has 0 atom stereocenters. The second kappa shape index (κ2) is 7.58. The van der Waals surface area contributed by atoms with Crippen LogP contribution in [0.25, 0.3) is 0 Å². The molecule has 0 spiro atoms. The van der Waals surface area contributed by atoms with Gasteiger partial charge in [-0.15, -0.1) is 0 Å². The highest BCUT2D eigenvalue weighted by atomic mass is 16.5. The normalized spacial score (nSPS) is 10.2. The van der Waals surface area contributed by atoms with Gasteiger partial charge < -0.3 is 10.1 Å². The third-order valence-corrected chi connectivity index (χ3v) is 3.68. The van der Waals surface area contributed by atoms with Gasteiger partial charge in [-0.1, -0.05) is 42.0 Å². The molecule has 2 aromatic carbocycles. The molecule has 0 saturated carbocycles. The van der Waals surface area contributed by atoms with Crippen LogP contribution in [-0.4, -0.2) is 18.4 Å². The second-order valence-electron chi connectivity index (χ2n) is 5.59. The first-order valence-corrected chi connectivity index (χ1v) is 7.53. The highest BCUT2D eigenvalue weighted by Crippen LogP contribution is 2.12. The van der Waals surface area contributed by atoms with Crippen LogP contribution in [0.4, 0.5) is 0 Å². The predicted molar refractivity (Wildman–Crippen MR) is 89.2 cm³/mol. The average Bonchev–Trinajstić information content (AvgIpc) is 2.54. The maximum absolute atomic E-state index is 12.0. The summed E-state index contributed by atoms with van der Waals surface area (Å²) in [7, 11) is 0. The van der Waals surface area contributed by atoms with E-state index < -0.39 is 5.97 Å². The first kappa shape index (κ1) is 16.7. The Bertz CT molecular complexity index is 722. The first-order valence-electron chi connectivity index (χ1n) is 7.53. The van der Waals surface area contributed by atoms with E-state index >= 15 is 0 Å². The maximum atomic E-state index is 12.0. The van der Waals surface area contributed by atoms with Gasteiger partial charge in [0, 0.05) is 5.56 Å². The van der Waals surface area contributed by atoms with Crippen LogP contribution in [0.2, 0.25) is 0 Å². The summed E-state index contributed by atoms with van der Waals surface area (Å²) in [6, 6.07) is 13.3. The second-order valence-corrected chi connectivity index (χ2v) is 5.59. The fraction of sp³-hybridized carbons (Fsp3) is 0.263. The molecule has 0 saturated heterocycles. The molecule has 1 N–H and O–H groups in total. The standard InChI is InChI=1S/C19H21NO3/c1-13-8-9-14(2)16(10-13)12-23-18(21)11-20-19(22)17-7-5-4-6-15(17)3/h4-10H,11-12H2,1-3H3,(H,20,22). The molecule has 23 heavy (non-hydrogen) atoms. The lowest BCUT2D eigenvalue weighted by Gasteiger charge is -2.10. The summed E-state index contributed by atoms with van der Waals surface area (Å²) in [5.41, 5.74) is 4.61. The van der Waals surface area contributed by atoms with E-state index in [1.807, 2.05) is 51.1 Å². The topological polar surface area (TPSA) is 55.4 Å². The molecule has 0 aromatic heterocycles. The molecule has 0 bridgehead atoms. The van der Waals surface area contributed by atoms with Gasteiger partial charge in [0.25, 0.3) is 5.91 Å². The van der Waals surface area contributed by atoms with Crippen LogP contribution in [0.3, 0.4) is 0 Å². The van der Waals surface area contributed by atoms with Crippen LogP contribution in [0.15, 0.2) is 42.5 Å². The molecular formula is C19H21NO3. The summed E-state index contributed by atoms with van der Waals surface area (Å²) in [4.78, 5) is 23.8. The van der Waals surface area contributed by atoms with E-state index in [2.05, 4.69) is 5.32 Å². The van der Waals surface area contributed by atoms with Gasteiger partial charge in [0.15, 0.2) is 0 Å². The molecule has 0 aliphatic rings. The first-order chi connectivity index (χ1) is 11.0. The zero-order valence-corrected chi connectivity index (χ0v) is 13.7. The Morgan fingerprint density at radius 2 is 1.74 bits per heavy atom. The summed E-state index contributed by atoms with van der Waals surface area (Å²) in [5.74, 6) is -0.723. The lowest BCUT2D eigenvalue weighted by atomic mass is 10.1. The van der Waals surface area contributed by atoms with Crippen LogP contribution in [-0.2, 0) is 16.1 Å². The molecule has 0 radical (unpaired) electrons. The summed E-state index contributed by atoms with van der Waals surface area (Å²) in [6.07, 6.45) is 0. The van der Waals surface area contributed by atoms with Gasteiger partial charge in [-0.05, 0) is 43.5 Å². The molecule has 0 fully saturated rings. The summed E-state index contributed by atoms with van der Waals surface area (Å²) < 4.78 is 5.23. The van der Waals surface area contributed by atoms with Crippen molar-refractivity contribution in [1.82, 2.24) is 5.32 Å². The number of benzene rings is 2. The number of rotatable bonds is 5. The quantitative estimate of drug-likeness (QED) is 0.863. The Balaban J connectivity index is 1.85. The molecule has 1 amide bonds. The van der Waals surface area contributed by atoms with Crippen molar-refractivity contribution in [1.29, 1.82) is 0 Å². The van der Waals surface area contributed by atoms with Crippen LogP contribution < -0.4 is 5.32 Å². The number of aryl methyl sites for hydroxylation is 3. The van der Waals surface area contributed by atoms with E-state index in [1.54, 1.807) is 12.1 Å². The third kappa shape index (κ3) is 4.68. The minimum atomic E-state index is -0.451. The van der Waals surface area contributed by atoms with E-state index in [4.69, 9.17) is 4.74 Å². The van der Waals surface area contributed by atoms with Crippen molar-refractivity contribution in [2.45, 2.75) is 27.4 Å². The largest absolute Gasteiger partial charge is 0.459 e. The zero-order chi connectivity index (χ0) is 16.8. The smallest absolute Gasteiger partial charge is 0.325 e. The number of esters is 1. The number of ether oxygens (including phenoxy) is 1. The molecule has 120 valence electrons. The van der Waals surface area contributed by atoms with Gasteiger partial charge in [-0.3, -0.25) is 9.59 Å². The Morgan fingerprint density at radius 3 is 2.48 bits per heavy atom. The molecule has 4 heteroatoms. The van der Waals surface area contributed by atoms with Crippen LogP contribution in [0.1, 0.15) is 32.6 Å². The highest BCUT2D eigenvalue weighted by molar-refractivity contribution is 5.97. The molecular weight excluding hydrogens is 290 g/mol. The van der Waals surface area contributed by atoms with E-state index in [9.17, 15) is 9.59 Å². The van der Waals surface area contributed by atoms with Crippen LogP contribution in [0.5, 0.6) is 0 Å². The lowest BCUT2D eigenvalue weighted by molar-refractivity contribution is -0.143. The molecule has 2 rings (SSSR count).